The highest BCUT2D eigenvalue weighted by molar-refractivity contribution is 4.88. The molecule has 12 heavy (non-hydrogen) atoms. The van der Waals surface area contributed by atoms with Gasteiger partial charge in [0.25, 0.3) is 0 Å². The maximum atomic E-state index is 9.44. The fraction of sp³-hybridized carbons (Fsp3) is 0.750. The minimum atomic E-state index is -0.923. The molecule has 1 rings (SSSR count). The van der Waals surface area contributed by atoms with Crippen LogP contribution in [-0.4, -0.2) is 41.9 Å². The van der Waals surface area contributed by atoms with E-state index in [1.807, 2.05) is 0 Å². The van der Waals surface area contributed by atoms with E-state index in [9.17, 15) is 10.2 Å². The van der Waals surface area contributed by atoms with Gasteiger partial charge in [0.1, 0.15) is 19.0 Å². The van der Waals surface area contributed by atoms with Crippen molar-refractivity contribution in [3.63, 3.8) is 0 Å². The Morgan fingerprint density at radius 1 is 1.50 bits per heavy atom. The van der Waals surface area contributed by atoms with Crippen molar-refractivity contribution in [2.24, 2.45) is 0 Å². The predicted molar refractivity (Wildman–Crippen MR) is 42.5 cm³/mol. The molecule has 3 atom stereocenters. The van der Waals surface area contributed by atoms with Gasteiger partial charge in [0.2, 0.25) is 0 Å². The summed E-state index contributed by atoms with van der Waals surface area (Å²) in [6, 6.07) is 0. The summed E-state index contributed by atoms with van der Waals surface area (Å²) >= 11 is 0. The fourth-order valence-corrected chi connectivity index (χ4v) is 1.11. The molecule has 3 unspecified atom stereocenters. The Morgan fingerprint density at radius 3 is 2.75 bits per heavy atom. The van der Waals surface area contributed by atoms with Gasteiger partial charge in [0.05, 0.1) is 12.7 Å². The zero-order valence-electron chi connectivity index (χ0n) is 6.85. The second kappa shape index (κ2) is 4.57. The van der Waals surface area contributed by atoms with Crippen LogP contribution in [0.3, 0.4) is 0 Å². The van der Waals surface area contributed by atoms with Crippen molar-refractivity contribution in [3.05, 3.63) is 12.7 Å². The van der Waals surface area contributed by atoms with Crippen LogP contribution in [0.15, 0.2) is 12.7 Å². The van der Waals surface area contributed by atoms with Crippen LogP contribution in [0, 0.1) is 0 Å². The van der Waals surface area contributed by atoms with Crippen LogP contribution in [0.1, 0.15) is 6.42 Å². The highest BCUT2D eigenvalue weighted by Gasteiger charge is 2.27. The Balaban J connectivity index is 2.38. The summed E-state index contributed by atoms with van der Waals surface area (Å²) in [5.74, 6) is 0. The summed E-state index contributed by atoms with van der Waals surface area (Å²) in [6.45, 7) is 4.13. The Morgan fingerprint density at radius 2 is 2.25 bits per heavy atom. The molecule has 0 bridgehead atoms. The summed E-state index contributed by atoms with van der Waals surface area (Å²) in [5.41, 5.74) is 0. The molecule has 1 aliphatic heterocycles. The molecule has 1 fully saturated rings. The van der Waals surface area contributed by atoms with E-state index in [-0.39, 0.29) is 12.9 Å². The van der Waals surface area contributed by atoms with Gasteiger partial charge in [0, 0.05) is 0 Å². The molecule has 0 aromatic carbocycles. The number of hydrogen-bond donors (Lipinski definition) is 2. The molecule has 1 saturated heterocycles. The molecule has 0 amide bonds. The monoisotopic (exact) mass is 174 g/mol. The molecule has 0 aliphatic carbocycles. The van der Waals surface area contributed by atoms with E-state index in [2.05, 4.69) is 6.58 Å². The number of rotatable bonds is 3. The molecule has 70 valence electrons. The van der Waals surface area contributed by atoms with Crippen LogP contribution in [-0.2, 0) is 9.47 Å². The van der Waals surface area contributed by atoms with E-state index in [1.165, 1.54) is 6.08 Å². The average Bonchev–Trinajstić information content (AvgIpc) is 2.17. The summed E-state index contributed by atoms with van der Waals surface area (Å²) in [4.78, 5) is 0. The zero-order valence-corrected chi connectivity index (χ0v) is 6.85. The van der Waals surface area contributed by atoms with Gasteiger partial charge >= 0.3 is 0 Å². The highest BCUT2D eigenvalue weighted by atomic mass is 16.7. The molecule has 0 radical (unpaired) electrons. The SMILES string of the molecule is C=CC(O)C(O)C1CCOCO1. The van der Waals surface area contributed by atoms with Crippen molar-refractivity contribution in [1.29, 1.82) is 0 Å². The normalized spacial score (nSPS) is 29.3. The minimum absolute atomic E-state index is 0.186. The molecule has 1 aliphatic rings. The molecule has 0 aromatic heterocycles. The van der Waals surface area contributed by atoms with E-state index in [0.29, 0.717) is 13.0 Å². The third-order valence-electron chi connectivity index (χ3n) is 1.88. The third-order valence-corrected chi connectivity index (χ3v) is 1.88. The van der Waals surface area contributed by atoms with Crippen molar-refractivity contribution in [2.75, 3.05) is 13.4 Å². The summed E-state index contributed by atoms with van der Waals surface area (Å²) in [5, 5.41) is 18.6. The van der Waals surface area contributed by atoms with Crippen molar-refractivity contribution < 1.29 is 19.7 Å². The fourth-order valence-electron chi connectivity index (χ4n) is 1.11. The first-order valence-electron chi connectivity index (χ1n) is 3.93. The van der Waals surface area contributed by atoms with E-state index >= 15 is 0 Å². The first-order valence-corrected chi connectivity index (χ1v) is 3.93. The highest BCUT2D eigenvalue weighted by Crippen LogP contribution is 2.13. The molecule has 0 saturated carbocycles. The Labute approximate surface area is 71.4 Å². The smallest absolute Gasteiger partial charge is 0.147 e. The molecule has 2 N–H and O–H groups in total. The van der Waals surface area contributed by atoms with Gasteiger partial charge in [-0.3, -0.25) is 0 Å². The predicted octanol–water partition coefficient (Wildman–Crippen LogP) is -0.343. The van der Waals surface area contributed by atoms with E-state index in [1.54, 1.807) is 0 Å². The third kappa shape index (κ3) is 2.28. The van der Waals surface area contributed by atoms with Gasteiger partial charge < -0.3 is 19.7 Å². The quantitative estimate of drug-likeness (QED) is 0.574. The lowest BCUT2D eigenvalue weighted by atomic mass is 10.1. The van der Waals surface area contributed by atoms with Crippen molar-refractivity contribution in [2.45, 2.75) is 24.7 Å². The van der Waals surface area contributed by atoms with E-state index in [4.69, 9.17) is 9.47 Å². The maximum Gasteiger partial charge on any atom is 0.147 e. The van der Waals surface area contributed by atoms with Crippen molar-refractivity contribution in [1.82, 2.24) is 0 Å². The van der Waals surface area contributed by atoms with Crippen LogP contribution in [0.25, 0.3) is 0 Å². The molecular formula is C8H14O4. The van der Waals surface area contributed by atoms with Crippen LogP contribution in [0.2, 0.25) is 0 Å². The number of hydrogen-bond acceptors (Lipinski definition) is 4. The van der Waals surface area contributed by atoms with Gasteiger partial charge in [-0.1, -0.05) is 6.08 Å². The average molecular weight is 174 g/mol. The van der Waals surface area contributed by atoms with E-state index < -0.39 is 12.2 Å². The van der Waals surface area contributed by atoms with Gasteiger partial charge in [-0.2, -0.15) is 0 Å². The zero-order chi connectivity index (χ0) is 8.97. The summed E-state index contributed by atoms with van der Waals surface area (Å²) < 4.78 is 10.0. The minimum Gasteiger partial charge on any atom is -0.387 e. The molecule has 0 aromatic rings. The van der Waals surface area contributed by atoms with Gasteiger partial charge in [-0.15, -0.1) is 6.58 Å². The van der Waals surface area contributed by atoms with Crippen LogP contribution in [0.5, 0.6) is 0 Å². The van der Waals surface area contributed by atoms with Crippen LogP contribution >= 0.6 is 0 Å². The molecule has 4 heteroatoms. The standard InChI is InChI=1S/C8H14O4/c1-2-6(9)8(10)7-3-4-11-5-12-7/h2,6-10H,1,3-5H2. The van der Waals surface area contributed by atoms with Crippen LogP contribution < -0.4 is 0 Å². The lowest BCUT2D eigenvalue weighted by Crippen LogP contribution is -2.41. The summed E-state index contributed by atoms with van der Waals surface area (Å²) in [6.07, 6.45) is -0.263. The summed E-state index contributed by atoms with van der Waals surface area (Å²) in [7, 11) is 0. The molecule has 4 nitrogen and oxygen atoms in total. The first-order chi connectivity index (χ1) is 5.75. The Bertz CT molecular complexity index is 142. The second-order valence-corrected chi connectivity index (χ2v) is 2.74. The van der Waals surface area contributed by atoms with Crippen LogP contribution in [0.4, 0.5) is 0 Å². The number of aliphatic hydroxyl groups is 2. The van der Waals surface area contributed by atoms with Gasteiger partial charge in [-0.25, -0.2) is 0 Å². The van der Waals surface area contributed by atoms with Crippen molar-refractivity contribution in [3.8, 4) is 0 Å². The topological polar surface area (TPSA) is 58.9 Å². The molecule has 1 heterocycles. The molecule has 0 spiro atoms. The number of aliphatic hydroxyl groups excluding tert-OH is 2. The first kappa shape index (κ1) is 9.67. The lowest BCUT2D eigenvalue weighted by molar-refractivity contribution is -0.181. The van der Waals surface area contributed by atoms with E-state index in [0.717, 1.165) is 0 Å². The lowest BCUT2D eigenvalue weighted by Gasteiger charge is -2.28. The second-order valence-electron chi connectivity index (χ2n) is 2.74. The Kier molecular flexibility index (Phi) is 3.68. The van der Waals surface area contributed by atoms with Gasteiger partial charge in [0.15, 0.2) is 0 Å². The Hall–Kier alpha value is -0.420. The van der Waals surface area contributed by atoms with Crippen molar-refractivity contribution >= 4 is 0 Å². The van der Waals surface area contributed by atoms with Gasteiger partial charge in [-0.05, 0) is 6.42 Å². The number of ether oxygens (including phenoxy) is 2. The largest absolute Gasteiger partial charge is 0.387 e. The maximum absolute atomic E-state index is 9.44. The molecular weight excluding hydrogens is 160 g/mol.